The Balaban J connectivity index is 1.63. The van der Waals surface area contributed by atoms with Crippen LogP contribution in [0.15, 0.2) is 29.5 Å². The summed E-state index contributed by atoms with van der Waals surface area (Å²) in [4.78, 5) is 30.2. The third kappa shape index (κ3) is 3.62. The number of hydrogen-bond acceptors (Lipinski definition) is 5. The Morgan fingerprint density at radius 3 is 2.80 bits per heavy atom. The summed E-state index contributed by atoms with van der Waals surface area (Å²) in [6.45, 7) is 5.04. The van der Waals surface area contributed by atoms with Gasteiger partial charge in [-0.15, -0.1) is 0 Å². The van der Waals surface area contributed by atoms with Crippen LogP contribution in [0.2, 0.25) is 0 Å². The molecular weight excluding hydrogens is 322 g/mol. The largest absolute Gasteiger partial charge is 0.450 e. The molecule has 2 aromatic heterocycles. The maximum atomic E-state index is 12.5. The molecule has 3 rings (SSSR count). The first-order valence-electron chi connectivity index (χ1n) is 8.31. The van der Waals surface area contributed by atoms with Gasteiger partial charge in [-0.2, -0.15) is 5.10 Å². The molecule has 1 N–H and O–H groups in total. The number of piperidine rings is 1. The van der Waals surface area contributed by atoms with E-state index in [9.17, 15) is 9.59 Å². The lowest BCUT2D eigenvalue weighted by atomic mass is 10.1. The SMILES string of the molecule is CCOC(=O)N1CCC(=NNC(=O)c2c(C)nc3ccccn23)CC1. The minimum Gasteiger partial charge on any atom is -0.450 e. The molecular formula is C17H21N5O3. The smallest absolute Gasteiger partial charge is 0.409 e. The summed E-state index contributed by atoms with van der Waals surface area (Å²) in [7, 11) is 0. The molecule has 8 nitrogen and oxygen atoms in total. The number of likely N-dealkylation sites (tertiary alicyclic amines) is 1. The fourth-order valence-corrected chi connectivity index (χ4v) is 2.84. The van der Waals surface area contributed by atoms with Gasteiger partial charge in [-0.3, -0.25) is 9.20 Å². The van der Waals surface area contributed by atoms with E-state index in [1.165, 1.54) is 0 Å². The highest BCUT2D eigenvalue weighted by atomic mass is 16.6. The molecule has 0 saturated carbocycles. The highest BCUT2D eigenvalue weighted by Gasteiger charge is 2.21. The van der Waals surface area contributed by atoms with Crippen molar-refractivity contribution in [2.75, 3.05) is 19.7 Å². The molecule has 1 fully saturated rings. The Hall–Kier alpha value is -2.90. The minimum absolute atomic E-state index is 0.295. The van der Waals surface area contributed by atoms with Gasteiger partial charge in [-0.1, -0.05) is 6.07 Å². The number of pyridine rings is 1. The number of carbonyl (C=O) groups is 2. The first kappa shape index (κ1) is 16.9. The minimum atomic E-state index is -0.299. The predicted molar refractivity (Wildman–Crippen MR) is 92.7 cm³/mol. The number of rotatable bonds is 3. The fraction of sp³-hybridized carbons (Fsp3) is 0.412. The van der Waals surface area contributed by atoms with Crippen LogP contribution in [-0.2, 0) is 4.74 Å². The van der Waals surface area contributed by atoms with Gasteiger partial charge in [-0.25, -0.2) is 15.2 Å². The van der Waals surface area contributed by atoms with E-state index in [4.69, 9.17) is 4.74 Å². The molecule has 25 heavy (non-hydrogen) atoms. The van der Waals surface area contributed by atoms with Gasteiger partial charge in [0.05, 0.1) is 12.3 Å². The summed E-state index contributed by atoms with van der Waals surface area (Å²) in [5, 5.41) is 4.22. The maximum Gasteiger partial charge on any atom is 0.409 e. The predicted octanol–water partition coefficient (Wildman–Crippen LogP) is 1.98. The average Bonchev–Trinajstić information content (AvgIpc) is 2.96. The second-order valence-corrected chi connectivity index (χ2v) is 5.78. The lowest BCUT2D eigenvalue weighted by molar-refractivity contribution is 0.0945. The summed E-state index contributed by atoms with van der Waals surface area (Å²) in [5.41, 5.74) is 5.32. The topological polar surface area (TPSA) is 88.3 Å². The quantitative estimate of drug-likeness (QED) is 0.863. The Kier molecular flexibility index (Phi) is 4.97. The number of amides is 2. The van der Waals surface area contributed by atoms with Crippen molar-refractivity contribution in [2.24, 2.45) is 5.10 Å². The van der Waals surface area contributed by atoms with E-state index in [1.807, 2.05) is 18.2 Å². The first-order valence-corrected chi connectivity index (χ1v) is 8.31. The van der Waals surface area contributed by atoms with Gasteiger partial charge in [-0.05, 0) is 26.0 Å². The van der Waals surface area contributed by atoms with Crippen LogP contribution in [0, 0.1) is 6.92 Å². The molecule has 0 radical (unpaired) electrons. The third-order valence-electron chi connectivity index (χ3n) is 4.10. The zero-order valence-electron chi connectivity index (χ0n) is 14.4. The Morgan fingerprint density at radius 2 is 2.08 bits per heavy atom. The van der Waals surface area contributed by atoms with Crippen LogP contribution in [0.1, 0.15) is 35.9 Å². The van der Waals surface area contributed by atoms with E-state index < -0.39 is 0 Å². The number of hydrogen-bond donors (Lipinski definition) is 1. The van der Waals surface area contributed by atoms with Gasteiger partial charge >= 0.3 is 6.09 Å². The summed E-state index contributed by atoms with van der Waals surface area (Å²) in [6.07, 6.45) is 2.73. The van der Waals surface area contributed by atoms with Crippen molar-refractivity contribution in [3.8, 4) is 0 Å². The number of nitrogens with one attached hydrogen (secondary N) is 1. The molecule has 2 aromatic rings. The van der Waals surface area contributed by atoms with Gasteiger partial charge in [0.1, 0.15) is 11.3 Å². The van der Waals surface area contributed by atoms with Crippen LogP contribution >= 0.6 is 0 Å². The van der Waals surface area contributed by atoms with Crippen LogP contribution in [0.4, 0.5) is 4.79 Å². The van der Waals surface area contributed by atoms with Gasteiger partial charge < -0.3 is 9.64 Å². The van der Waals surface area contributed by atoms with Crippen molar-refractivity contribution in [1.29, 1.82) is 0 Å². The van der Waals surface area contributed by atoms with Gasteiger partial charge in [0.25, 0.3) is 5.91 Å². The van der Waals surface area contributed by atoms with Crippen LogP contribution in [-0.4, -0.2) is 51.7 Å². The number of fused-ring (bicyclic) bond motifs is 1. The van der Waals surface area contributed by atoms with Crippen molar-refractivity contribution >= 4 is 23.4 Å². The van der Waals surface area contributed by atoms with E-state index in [0.29, 0.717) is 43.9 Å². The molecule has 0 unspecified atom stereocenters. The van der Waals surface area contributed by atoms with Crippen molar-refractivity contribution in [3.05, 3.63) is 35.8 Å². The van der Waals surface area contributed by atoms with E-state index >= 15 is 0 Å². The molecule has 0 spiro atoms. The zero-order chi connectivity index (χ0) is 17.8. The maximum absolute atomic E-state index is 12.5. The van der Waals surface area contributed by atoms with Gasteiger partial charge in [0.15, 0.2) is 0 Å². The second kappa shape index (κ2) is 7.33. The van der Waals surface area contributed by atoms with Crippen molar-refractivity contribution in [1.82, 2.24) is 19.7 Å². The molecule has 0 bridgehead atoms. The summed E-state index contributed by atoms with van der Waals surface area (Å²) in [6, 6.07) is 5.57. The van der Waals surface area contributed by atoms with E-state index in [1.54, 1.807) is 29.3 Å². The summed E-state index contributed by atoms with van der Waals surface area (Å²) < 4.78 is 6.73. The van der Waals surface area contributed by atoms with Crippen LogP contribution in [0.25, 0.3) is 5.65 Å². The number of ether oxygens (including phenoxy) is 1. The number of aromatic nitrogens is 2. The number of hydrazone groups is 1. The normalized spacial score (nSPS) is 14.5. The number of aryl methyl sites for hydroxylation is 1. The molecule has 1 aliphatic heterocycles. The summed E-state index contributed by atoms with van der Waals surface area (Å²) in [5.74, 6) is -0.295. The lowest BCUT2D eigenvalue weighted by Crippen LogP contribution is -2.39. The number of imidazole rings is 1. The molecule has 1 saturated heterocycles. The Labute approximate surface area is 145 Å². The molecule has 132 valence electrons. The fourth-order valence-electron chi connectivity index (χ4n) is 2.84. The lowest BCUT2D eigenvalue weighted by Gasteiger charge is -2.26. The molecule has 2 amide bonds. The Morgan fingerprint density at radius 1 is 1.32 bits per heavy atom. The zero-order valence-corrected chi connectivity index (χ0v) is 14.4. The van der Waals surface area contributed by atoms with E-state index in [-0.39, 0.29) is 12.0 Å². The first-order chi connectivity index (χ1) is 12.1. The Bertz CT molecular complexity index is 817. The molecule has 0 aromatic carbocycles. The number of nitrogens with zero attached hydrogens (tertiary/aromatic N) is 4. The highest BCUT2D eigenvalue weighted by molar-refractivity contribution is 5.96. The molecule has 8 heteroatoms. The van der Waals surface area contributed by atoms with Crippen molar-refractivity contribution in [2.45, 2.75) is 26.7 Å². The van der Waals surface area contributed by atoms with Crippen molar-refractivity contribution in [3.63, 3.8) is 0 Å². The van der Waals surface area contributed by atoms with Crippen LogP contribution in [0.5, 0.6) is 0 Å². The van der Waals surface area contributed by atoms with Gasteiger partial charge in [0, 0.05) is 37.8 Å². The monoisotopic (exact) mass is 343 g/mol. The van der Waals surface area contributed by atoms with E-state index in [0.717, 1.165) is 11.4 Å². The molecule has 1 aliphatic rings. The van der Waals surface area contributed by atoms with Gasteiger partial charge in [0.2, 0.25) is 0 Å². The van der Waals surface area contributed by atoms with Crippen molar-refractivity contribution < 1.29 is 14.3 Å². The second-order valence-electron chi connectivity index (χ2n) is 5.78. The molecule has 0 aliphatic carbocycles. The van der Waals surface area contributed by atoms with Crippen LogP contribution in [0.3, 0.4) is 0 Å². The van der Waals surface area contributed by atoms with E-state index in [2.05, 4.69) is 15.5 Å². The number of carbonyl (C=O) groups excluding carboxylic acids is 2. The molecule has 3 heterocycles. The molecule has 0 atom stereocenters. The standard InChI is InChI=1S/C17H21N5O3/c1-3-25-17(24)21-10-7-13(8-11-21)19-20-16(23)15-12(2)18-14-6-4-5-9-22(14)15/h4-6,9H,3,7-8,10-11H2,1-2H3,(H,20,23). The third-order valence-corrected chi connectivity index (χ3v) is 4.10. The highest BCUT2D eigenvalue weighted by Crippen LogP contribution is 2.12. The summed E-state index contributed by atoms with van der Waals surface area (Å²) >= 11 is 0. The van der Waals surface area contributed by atoms with Crippen LogP contribution < -0.4 is 5.43 Å². The average molecular weight is 343 g/mol.